The first-order valence-electron chi connectivity index (χ1n) is 11.9. The molecule has 182 valence electrons. The monoisotopic (exact) mass is 466 g/mol. The number of aromatic nitrogens is 3. The average Bonchev–Trinajstić information content (AvgIpc) is 3.15. The summed E-state index contributed by atoms with van der Waals surface area (Å²) in [5, 5.41) is 14.7. The maximum absolute atomic E-state index is 13.1. The molecule has 1 atom stereocenters. The fourth-order valence-corrected chi connectivity index (χ4v) is 5.62. The van der Waals surface area contributed by atoms with Crippen LogP contribution in [0.1, 0.15) is 88.1 Å². The second kappa shape index (κ2) is 8.47. The number of hydrogen-bond donors (Lipinski definition) is 1. The van der Waals surface area contributed by atoms with E-state index in [-0.39, 0.29) is 24.7 Å². The molecule has 0 aromatic carbocycles. The molecule has 2 aliphatic rings. The van der Waals surface area contributed by atoms with E-state index in [1.54, 1.807) is 11.4 Å². The van der Waals surface area contributed by atoms with Crippen molar-refractivity contribution in [3.63, 3.8) is 0 Å². The van der Waals surface area contributed by atoms with Crippen LogP contribution in [-0.4, -0.2) is 44.9 Å². The number of aliphatic carboxylic acids is 1. The summed E-state index contributed by atoms with van der Waals surface area (Å²) in [7, 11) is 0. The highest BCUT2D eigenvalue weighted by atomic mass is 19.4. The Labute approximate surface area is 192 Å². The quantitative estimate of drug-likeness (QED) is 0.627. The minimum Gasteiger partial charge on any atom is -0.481 e. The number of piperidine rings is 1. The molecule has 6 nitrogen and oxygen atoms in total. The Morgan fingerprint density at radius 1 is 1.24 bits per heavy atom. The second-order valence-electron chi connectivity index (χ2n) is 10.4. The zero-order valence-corrected chi connectivity index (χ0v) is 19.7. The van der Waals surface area contributed by atoms with Gasteiger partial charge in [-0.1, -0.05) is 13.8 Å². The van der Waals surface area contributed by atoms with Crippen LogP contribution >= 0.6 is 0 Å². The molecule has 0 spiro atoms. The Kier molecular flexibility index (Phi) is 6.12. The Balaban J connectivity index is 1.74. The van der Waals surface area contributed by atoms with Crippen LogP contribution in [0.25, 0.3) is 5.65 Å². The topological polar surface area (TPSA) is 70.7 Å². The van der Waals surface area contributed by atoms with Gasteiger partial charge < -0.3 is 10.0 Å². The molecular weight excluding hydrogens is 433 g/mol. The van der Waals surface area contributed by atoms with Gasteiger partial charge in [0, 0.05) is 36.3 Å². The predicted molar refractivity (Wildman–Crippen MR) is 120 cm³/mol. The fraction of sp³-hybridized carbons (Fsp3) is 0.708. The van der Waals surface area contributed by atoms with Crippen molar-refractivity contribution in [2.45, 2.75) is 84.2 Å². The van der Waals surface area contributed by atoms with Crippen LogP contribution in [-0.2, 0) is 4.79 Å². The molecule has 3 heterocycles. The lowest BCUT2D eigenvalue weighted by Crippen LogP contribution is -2.47. The minimum absolute atomic E-state index is 0.0217. The number of alkyl halides is 3. The summed E-state index contributed by atoms with van der Waals surface area (Å²) in [4.78, 5) is 18.9. The van der Waals surface area contributed by atoms with E-state index < -0.39 is 23.5 Å². The first-order valence-corrected chi connectivity index (χ1v) is 11.9. The van der Waals surface area contributed by atoms with Gasteiger partial charge in [-0.15, -0.1) is 0 Å². The van der Waals surface area contributed by atoms with Crippen molar-refractivity contribution < 1.29 is 23.1 Å². The van der Waals surface area contributed by atoms with Crippen molar-refractivity contribution in [3.05, 3.63) is 23.0 Å². The van der Waals surface area contributed by atoms with Gasteiger partial charge in [0.15, 0.2) is 5.65 Å². The lowest BCUT2D eigenvalue weighted by Gasteiger charge is -2.40. The van der Waals surface area contributed by atoms with Crippen LogP contribution in [0.3, 0.4) is 0 Å². The van der Waals surface area contributed by atoms with Gasteiger partial charge in [-0.25, -0.2) is 4.98 Å². The van der Waals surface area contributed by atoms with Crippen LogP contribution in [0.5, 0.6) is 0 Å². The molecule has 9 heteroatoms. The number of rotatable bonds is 4. The largest absolute Gasteiger partial charge is 0.481 e. The molecule has 2 fully saturated rings. The number of fused-ring (bicyclic) bond motifs is 1. The Hall–Kier alpha value is -2.32. The SMILES string of the molecule is Cc1nc2cc(C3CCC(C(F)(F)F)CC3)nn2c(N2CCCC(C)(C(=O)O)C2)c1C(C)C. The second-order valence-corrected chi connectivity index (χ2v) is 10.4. The molecule has 1 N–H and O–H groups in total. The van der Waals surface area contributed by atoms with Crippen LogP contribution in [0.4, 0.5) is 19.0 Å². The maximum Gasteiger partial charge on any atom is 0.391 e. The summed E-state index contributed by atoms with van der Waals surface area (Å²) in [5.74, 6) is -1.02. The van der Waals surface area contributed by atoms with E-state index in [0.717, 1.165) is 35.7 Å². The fourth-order valence-electron chi connectivity index (χ4n) is 5.62. The third-order valence-corrected chi connectivity index (χ3v) is 7.52. The first kappa shape index (κ1) is 23.8. The van der Waals surface area contributed by atoms with E-state index in [2.05, 4.69) is 18.7 Å². The Bertz CT molecular complexity index is 1040. The van der Waals surface area contributed by atoms with Crippen molar-refractivity contribution in [2.75, 3.05) is 18.0 Å². The van der Waals surface area contributed by atoms with Gasteiger partial charge in [-0.3, -0.25) is 4.79 Å². The number of carboxylic acid groups (broad SMARTS) is 1. The van der Waals surface area contributed by atoms with Gasteiger partial charge in [0.25, 0.3) is 0 Å². The van der Waals surface area contributed by atoms with Crippen molar-refractivity contribution in [2.24, 2.45) is 11.3 Å². The lowest BCUT2D eigenvalue weighted by molar-refractivity contribution is -0.182. The van der Waals surface area contributed by atoms with Crippen LogP contribution < -0.4 is 4.90 Å². The highest BCUT2D eigenvalue weighted by Crippen LogP contribution is 2.43. The molecule has 0 amide bonds. The molecule has 1 aliphatic carbocycles. The Morgan fingerprint density at radius 2 is 1.91 bits per heavy atom. The summed E-state index contributed by atoms with van der Waals surface area (Å²) in [6.45, 7) is 9.03. The van der Waals surface area contributed by atoms with Crippen molar-refractivity contribution in [3.8, 4) is 0 Å². The number of carbonyl (C=O) groups is 1. The molecule has 1 aliphatic heterocycles. The highest BCUT2D eigenvalue weighted by molar-refractivity contribution is 5.75. The summed E-state index contributed by atoms with van der Waals surface area (Å²) in [6.07, 6.45) is -1.58. The van der Waals surface area contributed by atoms with Crippen molar-refractivity contribution in [1.29, 1.82) is 0 Å². The van der Waals surface area contributed by atoms with E-state index in [0.29, 0.717) is 31.5 Å². The van der Waals surface area contributed by atoms with E-state index in [9.17, 15) is 23.1 Å². The number of anilines is 1. The summed E-state index contributed by atoms with van der Waals surface area (Å²) in [5.41, 5.74) is 2.52. The zero-order valence-electron chi connectivity index (χ0n) is 19.7. The number of aryl methyl sites for hydroxylation is 1. The van der Waals surface area contributed by atoms with Crippen LogP contribution in [0, 0.1) is 18.3 Å². The average molecular weight is 467 g/mol. The summed E-state index contributed by atoms with van der Waals surface area (Å²) >= 11 is 0. The maximum atomic E-state index is 13.1. The van der Waals surface area contributed by atoms with Gasteiger partial charge in [-0.2, -0.15) is 22.8 Å². The number of carboxylic acids is 1. The van der Waals surface area contributed by atoms with Gasteiger partial charge in [-0.05, 0) is 58.3 Å². The molecule has 2 aromatic heterocycles. The van der Waals surface area contributed by atoms with E-state index in [1.165, 1.54) is 0 Å². The van der Waals surface area contributed by atoms with Gasteiger partial charge in [0.1, 0.15) is 5.82 Å². The minimum atomic E-state index is -4.13. The van der Waals surface area contributed by atoms with Crippen LogP contribution in [0.2, 0.25) is 0 Å². The number of nitrogens with zero attached hydrogens (tertiary/aromatic N) is 4. The van der Waals surface area contributed by atoms with E-state index in [1.807, 2.05) is 13.0 Å². The van der Waals surface area contributed by atoms with Crippen molar-refractivity contribution >= 4 is 17.4 Å². The molecule has 1 unspecified atom stereocenters. The van der Waals surface area contributed by atoms with Gasteiger partial charge >= 0.3 is 12.1 Å². The smallest absolute Gasteiger partial charge is 0.391 e. The molecule has 33 heavy (non-hydrogen) atoms. The summed E-state index contributed by atoms with van der Waals surface area (Å²) in [6, 6.07) is 1.90. The normalized spacial score (nSPS) is 26.8. The van der Waals surface area contributed by atoms with Gasteiger partial charge in [0.05, 0.1) is 17.0 Å². The van der Waals surface area contributed by atoms with Gasteiger partial charge in [0.2, 0.25) is 0 Å². The molecule has 0 radical (unpaired) electrons. The number of halogens is 3. The lowest BCUT2D eigenvalue weighted by atomic mass is 9.80. The van der Waals surface area contributed by atoms with Crippen LogP contribution in [0.15, 0.2) is 6.07 Å². The highest BCUT2D eigenvalue weighted by Gasteiger charge is 2.42. The standard InChI is InChI=1S/C24H33F3N4O2/c1-14(2)20-15(3)28-19-12-18(16-6-8-17(9-7-16)24(25,26)27)29-31(19)21(20)30-11-5-10-23(4,13-30)22(32)33/h12,14,16-17H,5-11,13H2,1-4H3,(H,32,33). The zero-order chi connectivity index (χ0) is 24.1. The van der Waals surface area contributed by atoms with E-state index in [4.69, 9.17) is 10.1 Å². The molecular formula is C24H33F3N4O2. The molecule has 4 rings (SSSR count). The Morgan fingerprint density at radius 3 is 2.48 bits per heavy atom. The summed E-state index contributed by atoms with van der Waals surface area (Å²) < 4.78 is 41.1. The third kappa shape index (κ3) is 4.43. The molecule has 2 aromatic rings. The molecule has 1 saturated carbocycles. The molecule has 0 bridgehead atoms. The van der Waals surface area contributed by atoms with E-state index >= 15 is 0 Å². The predicted octanol–water partition coefficient (Wildman–Crippen LogP) is 5.69. The molecule has 1 saturated heterocycles. The number of hydrogen-bond acceptors (Lipinski definition) is 4. The van der Waals surface area contributed by atoms with Crippen molar-refractivity contribution in [1.82, 2.24) is 14.6 Å². The third-order valence-electron chi connectivity index (χ3n) is 7.52. The first-order chi connectivity index (χ1) is 15.4.